The van der Waals surface area contributed by atoms with Gasteiger partial charge in [-0.1, -0.05) is 35.9 Å². The molecular weight excluding hydrogens is 487 g/mol. The Morgan fingerprint density at radius 2 is 1.85 bits per heavy atom. The summed E-state index contributed by atoms with van der Waals surface area (Å²) >= 11 is 6.01. The predicted octanol–water partition coefficient (Wildman–Crippen LogP) is 2.81. The third kappa shape index (κ3) is 6.75. The van der Waals surface area contributed by atoms with Gasteiger partial charge in [0, 0.05) is 32.2 Å². The van der Waals surface area contributed by atoms with Crippen LogP contribution in [0.3, 0.4) is 0 Å². The lowest BCUT2D eigenvalue weighted by Gasteiger charge is -2.22. The molecule has 142 valence electrons. The molecule has 0 atom stereocenters. The fourth-order valence-corrected chi connectivity index (χ4v) is 3.18. The first kappa shape index (κ1) is 22.7. The second-order valence-corrected chi connectivity index (χ2v) is 7.58. The maximum Gasteiger partial charge on any atom is 0.238 e. The molecule has 0 unspecified atom stereocenters. The number of nitrogens with two attached hydrogens (primary N) is 1. The van der Waals surface area contributed by atoms with E-state index < -0.39 is 10.0 Å². The van der Waals surface area contributed by atoms with Crippen LogP contribution in [0.4, 0.5) is 0 Å². The van der Waals surface area contributed by atoms with E-state index in [0.717, 1.165) is 11.1 Å². The van der Waals surface area contributed by atoms with Gasteiger partial charge in [-0.3, -0.25) is 4.99 Å². The molecule has 0 saturated carbocycles. The largest absolute Gasteiger partial charge is 0.352 e. The number of nitrogens with one attached hydrogen (secondary N) is 1. The summed E-state index contributed by atoms with van der Waals surface area (Å²) in [5.41, 5.74) is 1.86. The number of sulfonamides is 1. The molecule has 0 bridgehead atoms. The van der Waals surface area contributed by atoms with Crippen LogP contribution in [0.25, 0.3) is 0 Å². The van der Waals surface area contributed by atoms with Crippen LogP contribution < -0.4 is 10.5 Å². The molecule has 0 aromatic heterocycles. The van der Waals surface area contributed by atoms with E-state index in [4.69, 9.17) is 16.7 Å². The molecule has 0 amide bonds. The Bertz CT molecular complexity index is 875. The Morgan fingerprint density at radius 1 is 1.19 bits per heavy atom. The molecule has 9 heteroatoms. The summed E-state index contributed by atoms with van der Waals surface area (Å²) in [6.45, 7) is 1.06. The molecule has 0 aliphatic carbocycles. The highest BCUT2D eigenvalue weighted by Crippen LogP contribution is 2.13. The number of rotatable bonds is 5. The van der Waals surface area contributed by atoms with E-state index in [1.807, 2.05) is 42.3 Å². The number of aliphatic imine (C=N–C) groups is 1. The SMILES string of the molecule is CN=C(NCc1cccc(S(N)(=O)=O)c1)N(C)Cc1cccc(Cl)c1.I. The molecule has 26 heavy (non-hydrogen) atoms. The van der Waals surface area contributed by atoms with E-state index in [2.05, 4.69) is 10.3 Å². The fourth-order valence-electron chi connectivity index (χ4n) is 2.38. The van der Waals surface area contributed by atoms with E-state index in [0.29, 0.717) is 24.1 Å². The van der Waals surface area contributed by atoms with Crippen molar-refractivity contribution >= 4 is 51.6 Å². The highest BCUT2D eigenvalue weighted by molar-refractivity contribution is 14.0. The van der Waals surface area contributed by atoms with Crippen molar-refractivity contribution in [2.45, 2.75) is 18.0 Å². The van der Waals surface area contributed by atoms with Crippen molar-refractivity contribution in [3.05, 3.63) is 64.7 Å². The van der Waals surface area contributed by atoms with Crippen molar-refractivity contribution in [2.24, 2.45) is 10.1 Å². The highest BCUT2D eigenvalue weighted by Gasteiger charge is 2.10. The molecule has 0 aliphatic rings. The quantitative estimate of drug-likeness (QED) is 0.369. The van der Waals surface area contributed by atoms with Gasteiger partial charge in [0.2, 0.25) is 10.0 Å². The zero-order chi connectivity index (χ0) is 18.4. The first-order chi connectivity index (χ1) is 11.8. The van der Waals surface area contributed by atoms with Crippen molar-refractivity contribution in [2.75, 3.05) is 14.1 Å². The molecule has 0 heterocycles. The molecule has 0 fully saturated rings. The van der Waals surface area contributed by atoms with Crippen LogP contribution in [-0.4, -0.2) is 33.4 Å². The van der Waals surface area contributed by atoms with Gasteiger partial charge >= 0.3 is 0 Å². The average molecular weight is 509 g/mol. The summed E-state index contributed by atoms with van der Waals surface area (Å²) in [7, 11) is -0.106. The molecule has 0 saturated heterocycles. The van der Waals surface area contributed by atoms with Crippen LogP contribution in [0.15, 0.2) is 58.4 Å². The topological polar surface area (TPSA) is 87.8 Å². The van der Waals surface area contributed by atoms with Crippen LogP contribution in [0.2, 0.25) is 5.02 Å². The van der Waals surface area contributed by atoms with Crippen LogP contribution >= 0.6 is 35.6 Å². The summed E-state index contributed by atoms with van der Waals surface area (Å²) in [4.78, 5) is 6.29. The second-order valence-electron chi connectivity index (χ2n) is 5.58. The number of halogens is 2. The summed E-state index contributed by atoms with van der Waals surface area (Å²) < 4.78 is 22.9. The number of guanidine groups is 1. The lowest BCUT2D eigenvalue weighted by molar-refractivity contribution is 0.476. The Hall–Kier alpha value is -1.36. The number of nitrogens with zero attached hydrogens (tertiary/aromatic N) is 2. The molecule has 2 aromatic carbocycles. The lowest BCUT2D eigenvalue weighted by Crippen LogP contribution is -2.38. The van der Waals surface area contributed by atoms with Crippen molar-refractivity contribution < 1.29 is 8.42 Å². The number of hydrogen-bond donors (Lipinski definition) is 2. The minimum absolute atomic E-state index is 0. The van der Waals surface area contributed by atoms with Gasteiger partial charge in [0.15, 0.2) is 5.96 Å². The fraction of sp³-hybridized carbons (Fsp3) is 0.235. The summed E-state index contributed by atoms with van der Waals surface area (Å²) in [5, 5.41) is 9.06. The molecule has 2 rings (SSSR count). The van der Waals surface area contributed by atoms with Gasteiger partial charge in [0.25, 0.3) is 0 Å². The first-order valence-corrected chi connectivity index (χ1v) is 9.50. The summed E-state index contributed by atoms with van der Waals surface area (Å²) in [6, 6.07) is 14.1. The number of hydrogen-bond acceptors (Lipinski definition) is 3. The summed E-state index contributed by atoms with van der Waals surface area (Å²) in [5.74, 6) is 0.681. The van der Waals surface area contributed by atoms with E-state index >= 15 is 0 Å². The molecule has 0 aliphatic heterocycles. The van der Waals surface area contributed by atoms with Gasteiger partial charge in [0.1, 0.15) is 0 Å². The Labute approximate surface area is 176 Å². The van der Waals surface area contributed by atoms with E-state index in [1.165, 1.54) is 6.07 Å². The smallest absolute Gasteiger partial charge is 0.238 e. The van der Waals surface area contributed by atoms with Gasteiger partial charge in [-0.2, -0.15) is 0 Å². The summed E-state index contributed by atoms with van der Waals surface area (Å²) in [6.07, 6.45) is 0. The Balaban J connectivity index is 0.00000338. The molecule has 3 N–H and O–H groups in total. The molecule has 0 radical (unpaired) electrons. The third-order valence-corrected chi connectivity index (χ3v) is 4.71. The van der Waals surface area contributed by atoms with Crippen molar-refractivity contribution in [1.82, 2.24) is 10.2 Å². The molecule has 2 aromatic rings. The van der Waals surface area contributed by atoms with Gasteiger partial charge in [-0.05, 0) is 35.4 Å². The normalized spacial score (nSPS) is 11.6. The second kappa shape index (κ2) is 10.1. The van der Waals surface area contributed by atoms with Crippen molar-refractivity contribution in [3.63, 3.8) is 0 Å². The van der Waals surface area contributed by atoms with E-state index in [-0.39, 0.29) is 28.9 Å². The van der Waals surface area contributed by atoms with Gasteiger partial charge in [0.05, 0.1) is 4.90 Å². The maximum atomic E-state index is 11.4. The highest BCUT2D eigenvalue weighted by atomic mass is 127. The van der Waals surface area contributed by atoms with E-state index in [1.54, 1.807) is 19.2 Å². The minimum Gasteiger partial charge on any atom is -0.352 e. The molecular formula is C17H22ClIN4O2S. The monoisotopic (exact) mass is 508 g/mol. The van der Waals surface area contributed by atoms with Gasteiger partial charge < -0.3 is 10.2 Å². The number of benzene rings is 2. The van der Waals surface area contributed by atoms with Gasteiger partial charge in [-0.15, -0.1) is 24.0 Å². The minimum atomic E-state index is -3.71. The standard InChI is InChI=1S/C17H21ClN4O2S.HI/c1-20-17(22(2)12-14-6-3-7-15(18)9-14)21-11-13-5-4-8-16(10-13)25(19,23)24;/h3-10H,11-12H2,1-2H3,(H,20,21)(H2,19,23,24);1H. The maximum absolute atomic E-state index is 11.4. The lowest BCUT2D eigenvalue weighted by atomic mass is 10.2. The third-order valence-electron chi connectivity index (χ3n) is 3.56. The van der Waals surface area contributed by atoms with Crippen molar-refractivity contribution in [1.29, 1.82) is 0 Å². The predicted molar refractivity (Wildman–Crippen MR) is 116 cm³/mol. The zero-order valence-electron chi connectivity index (χ0n) is 14.5. The van der Waals surface area contributed by atoms with E-state index in [9.17, 15) is 8.42 Å². The number of primary sulfonamides is 1. The van der Waals surface area contributed by atoms with Crippen LogP contribution in [0.5, 0.6) is 0 Å². The Kier molecular flexibility index (Phi) is 8.81. The molecule has 0 spiro atoms. The van der Waals surface area contributed by atoms with Crippen LogP contribution in [-0.2, 0) is 23.1 Å². The first-order valence-electron chi connectivity index (χ1n) is 7.57. The van der Waals surface area contributed by atoms with Crippen LogP contribution in [0.1, 0.15) is 11.1 Å². The molecule has 6 nitrogen and oxygen atoms in total. The average Bonchev–Trinajstić information content (AvgIpc) is 2.55. The van der Waals surface area contributed by atoms with Crippen LogP contribution in [0, 0.1) is 0 Å². The zero-order valence-corrected chi connectivity index (χ0v) is 18.4. The van der Waals surface area contributed by atoms with Gasteiger partial charge in [-0.25, -0.2) is 13.6 Å². The van der Waals surface area contributed by atoms with Crippen molar-refractivity contribution in [3.8, 4) is 0 Å². The Morgan fingerprint density at radius 3 is 2.46 bits per heavy atom.